The van der Waals surface area contributed by atoms with E-state index in [4.69, 9.17) is 5.73 Å². The van der Waals surface area contributed by atoms with Gasteiger partial charge < -0.3 is 11.1 Å². The fourth-order valence-electron chi connectivity index (χ4n) is 3.42. The summed E-state index contributed by atoms with van der Waals surface area (Å²) in [5, 5.41) is 15.4. The molecule has 0 saturated heterocycles. The third kappa shape index (κ3) is 4.63. The Hall–Kier alpha value is -2.28. The largest absolute Gasteiger partial charge is 0.350 e. The summed E-state index contributed by atoms with van der Waals surface area (Å²) < 4.78 is 0. The monoisotopic (exact) mass is 342 g/mol. The number of nitrogens with zero attached hydrogens (tertiary/aromatic N) is 4. The summed E-state index contributed by atoms with van der Waals surface area (Å²) in [5.41, 5.74) is 7.93. The molecule has 1 heterocycles. The molecular formula is C18H26N6O. The number of benzene rings is 1. The summed E-state index contributed by atoms with van der Waals surface area (Å²) >= 11 is 0. The molecule has 0 radical (unpaired) electrons. The van der Waals surface area contributed by atoms with Crippen molar-refractivity contribution < 1.29 is 4.79 Å². The molecule has 3 rings (SSSR count). The summed E-state index contributed by atoms with van der Waals surface area (Å²) in [7, 11) is 0. The minimum absolute atomic E-state index is 0.0351. The molecule has 2 aromatic rings. The highest BCUT2D eigenvalue weighted by atomic mass is 16.2. The van der Waals surface area contributed by atoms with Gasteiger partial charge in [-0.1, -0.05) is 49.1 Å². The second-order valence-electron chi connectivity index (χ2n) is 6.82. The molecule has 3 N–H and O–H groups in total. The van der Waals surface area contributed by atoms with Gasteiger partial charge >= 0.3 is 0 Å². The van der Waals surface area contributed by atoms with Crippen LogP contribution >= 0.6 is 0 Å². The van der Waals surface area contributed by atoms with Gasteiger partial charge in [0, 0.05) is 18.2 Å². The molecular weight excluding hydrogens is 316 g/mol. The van der Waals surface area contributed by atoms with Gasteiger partial charge in [-0.3, -0.25) is 4.79 Å². The van der Waals surface area contributed by atoms with Crippen molar-refractivity contribution in [2.24, 2.45) is 11.7 Å². The number of hydrogen-bond donors (Lipinski definition) is 2. The lowest BCUT2D eigenvalue weighted by Gasteiger charge is -2.29. The van der Waals surface area contributed by atoms with Gasteiger partial charge in [0.1, 0.15) is 6.54 Å². The predicted octanol–water partition coefficient (Wildman–Crippen LogP) is 1.67. The minimum atomic E-state index is -0.117. The number of amides is 1. The van der Waals surface area contributed by atoms with Crippen LogP contribution in [-0.2, 0) is 11.3 Å². The normalized spacial score (nSPS) is 16.6. The number of aryl methyl sites for hydroxylation is 1. The van der Waals surface area contributed by atoms with Crippen LogP contribution in [-0.4, -0.2) is 38.7 Å². The van der Waals surface area contributed by atoms with Crippen LogP contribution in [0, 0.1) is 12.8 Å². The van der Waals surface area contributed by atoms with Crippen molar-refractivity contribution >= 4 is 5.91 Å². The summed E-state index contributed by atoms with van der Waals surface area (Å²) in [6, 6.07) is 7.93. The van der Waals surface area contributed by atoms with Crippen molar-refractivity contribution in [1.29, 1.82) is 0 Å². The molecule has 1 aromatic carbocycles. The maximum atomic E-state index is 12.3. The molecule has 1 aromatic heterocycles. The van der Waals surface area contributed by atoms with E-state index >= 15 is 0 Å². The number of nitrogens with two attached hydrogens (primary N) is 1. The number of hydrogen-bond acceptors (Lipinski definition) is 5. The molecule has 0 aliphatic heterocycles. The van der Waals surface area contributed by atoms with Crippen LogP contribution in [0.15, 0.2) is 24.3 Å². The van der Waals surface area contributed by atoms with Crippen molar-refractivity contribution in [2.45, 2.75) is 51.6 Å². The second-order valence-corrected chi connectivity index (χ2v) is 6.82. The van der Waals surface area contributed by atoms with Crippen LogP contribution in [0.3, 0.4) is 0 Å². The van der Waals surface area contributed by atoms with Crippen LogP contribution in [0.4, 0.5) is 0 Å². The van der Waals surface area contributed by atoms with E-state index in [-0.39, 0.29) is 18.5 Å². The van der Waals surface area contributed by atoms with E-state index in [1.165, 1.54) is 29.6 Å². The van der Waals surface area contributed by atoms with Crippen LogP contribution in [0.1, 0.15) is 37.7 Å². The molecule has 1 aliphatic rings. The zero-order valence-corrected chi connectivity index (χ0v) is 14.7. The predicted molar refractivity (Wildman–Crippen MR) is 95.6 cm³/mol. The van der Waals surface area contributed by atoms with Crippen molar-refractivity contribution in [3.05, 3.63) is 29.8 Å². The van der Waals surface area contributed by atoms with Crippen LogP contribution in [0.25, 0.3) is 11.4 Å². The van der Waals surface area contributed by atoms with Gasteiger partial charge in [0.05, 0.1) is 0 Å². The first kappa shape index (κ1) is 17.5. The Morgan fingerprint density at radius 1 is 1.28 bits per heavy atom. The maximum Gasteiger partial charge on any atom is 0.243 e. The first-order chi connectivity index (χ1) is 12.2. The molecule has 1 saturated carbocycles. The Labute approximate surface area is 148 Å². The van der Waals surface area contributed by atoms with Gasteiger partial charge in [0.25, 0.3) is 0 Å². The third-order valence-corrected chi connectivity index (χ3v) is 4.87. The smallest absolute Gasteiger partial charge is 0.243 e. The highest BCUT2D eigenvalue weighted by Gasteiger charge is 2.24. The highest BCUT2D eigenvalue weighted by Crippen LogP contribution is 2.26. The Balaban J connectivity index is 1.58. The molecule has 0 spiro atoms. The standard InChI is InChI=1S/C18H26N6O/c1-13-7-9-15(10-8-13)18-21-23-24(22-18)12-17(25)20-16(11-19)14-5-3-2-4-6-14/h7-10,14,16H,2-6,11-12,19H2,1H3,(H,20,25). The lowest BCUT2D eigenvalue weighted by Crippen LogP contribution is -2.47. The van der Waals surface area contributed by atoms with E-state index in [1.54, 1.807) is 0 Å². The molecule has 1 atom stereocenters. The van der Waals surface area contributed by atoms with Crippen molar-refractivity contribution in [2.75, 3.05) is 6.54 Å². The SMILES string of the molecule is Cc1ccc(-c2nnn(CC(=O)NC(CN)C3CCCCC3)n2)cc1. The number of rotatable bonds is 6. The van der Waals surface area contributed by atoms with E-state index in [9.17, 15) is 4.79 Å². The van der Waals surface area contributed by atoms with E-state index in [2.05, 4.69) is 20.7 Å². The number of nitrogens with one attached hydrogen (secondary N) is 1. The molecule has 7 nitrogen and oxygen atoms in total. The minimum Gasteiger partial charge on any atom is -0.350 e. The van der Waals surface area contributed by atoms with Crippen LogP contribution < -0.4 is 11.1 Å². The first-order valence-corrected chi connectivity index (χ1v) is 9.00. The topological polar surface area (TPSA) is 98.7 Å². The van der Waals surface area contributed by atoms with E-state index < -0.39 is 0 Å². The fourth-order valence-corrected chi connectivity index (χ4v) is 3.42. The highest BCUT2D eigenvalue weighted by molar-refractivity contribution is 5.75. The number of tetrazole rings is 1. The average molecular weight is 342 g/mol. The zero-order chi connectivity index (χ0) is 17.6. The van der Waals surface area contributed by atoms with E-state index in [1.807, 2.05) is 31.2 Å². The molecule has 1 fully saturated rings. The van der Waals surface area contributed by atoms with Gasteiger partial charge in [-0.15, -0.1) is 10.2 Å². The van der Waals surface area contributed by atoms with Crippen LogP contribution in [0.2, 0.25) is 0 Å². The Morgan fingerprint density at radius 3 is 2.68 bits per heavy atom. The van der Waals surface area contributed by atoms with Crippen LogP contribution in [0.5, 0.6) is 0 Å². The number of carbonyl (C=O) groups is 1. The summed E-state index contributed by atoms with van der Waals surface area (Å²) in [5.74, 6) is 0.888. The molecule has 1 aliphatic carbocycles. The first-order valence-electron chi connectivity index (χ1n) is 9.00. The van der Waals surface area contributed by atoms with Gasteiger partial charge in [-0.05, 0) is 30.9 Å². The number of aromatic nitrogens is 4. The molecule has 1 unspecified atom stereocenters. The third-order valence-electron chi connectivity index (χ3n) is 4.87. The lowest BCUT2D eigenvalue weighted by molar-refractivity contribution is -0.123. The van der Waals surface area contributed by atoms with E-state index in [0.29, 0.717) is 18.3 Å². The van der Waals surface area contributed by atoms with Gasteiger partial charge in [0.15, 0.2) is 0 Å². The fraction of sp³-hybridized carbons (Fsp3) is 0.556. The summed E-state index contributed by atoms with van der Waals surface area (Å²) in [6.07, 6.45) is 6.01. The molecule has 1 amide bonds. The number of carbonyl (C=O) groups excluding carboxylic acids is 1. The Morgan fingerprint density at radius 2 is 2.00 bits per heavy atom. The average Bonchev–Trinajstić information content (AvgIpc) is 3.09. The van der Waals surface area contributed by atoms with Crippen molar-refractivity contribution in [1.82, 2.24) is 25.5 Å². The van der Waals surface area contributed by atoms with Crippen molar-refractivity contribution in [3.8, 4) is 11.4 Å². The molecule has 25 heavy (non-hydrogen) atoms. The quantitative estimate of drug-likeness (QED) is 0.832. The Bertz CT molecular complexity index is 690. The molecule has 0 bridgehead atoms. The Kier molecular flexibility index (Phi) is 5.75. The summed E-state index contributed by atoms with van der Waals surface area (Å²) in [4.78, 5) is 13.7. The zero-order valence-electron chi connectivity index (χ0n) is 14.7. The molecule has 7 heteroatoms. The summed E-state index contributed by atoms with van der Waals surface area (Å²) in [6.45, 7) is 2.55. The molecule has 134 valence electrons. The second kappa shape index (κ2) is 8.20. The van der Waals surface area contributed by atoms with E-state index in [0.717, 1.165) is 18.4 Å². The van der Waals surface area contributed by atoms with Crippen molar-refractivity contribution in [3.63, 3.8) is 0 Å². The lowest BCUT2D eigenvalue weighted by atomic mass is 9.84. The van der Waals surface area contributed by atoms with Gasteiger partial charge in [-0.2, -0.15) is 4.80 Å². The maximum absolute atomic E-state index is 12.3. The van der Waals surface area contributed by atoms with Gasteiger partial charge in [0.2, 0.25) is 11.7 Å². The van der Waals surface area contributed by atoms with Gasteiger partial charge in [-0.25, -0.2) is 0 Å².